The van der Waals surface area contributed by atoms with Crippen LogP contribution in [0.3, 0.4) is 0 Å². The molecule has 2 atom stereocenters. The van der Waals surface area contributed by atoms with Crippen LogP contribution in [0.15, 0.2) is 59.1 Å². The highest BCUT2D eigenvalue weighted by atomic mass is 32.2. The van der Waals surface area contributed by atoms with Gasteiger partial charge < -0.3 is 20.1 Å². The summed E-state index contributed by atoms with van der Waals surface area (Å²) in [6, 6.07) is 16.5. The number of nitriles is 1. The highest BCUT2D eigenvalue weighted by Crippen LogP contribution is 2.40. The zero-order valence-electron chi connectivity index (χ0n) is 19.1. The Kier molecular flexibility index (Phi) is 8.33. The summed E-state index contributed by atoms with van der Waals surface area (Å²) in [5, 5.41) is 15.6. The van der Waals surface area contributed by atoms with Crippen molar-refractivity contribution in [2.75, 3.05) is 24.8 Å². The predicted octanol–water partition coefficient (Wildman–Crippen LogP) is 3.50. The van der Waals surface area contributed by atoms with Crippen LogP contribution in [-0.2, 0) is 19.1 Å². The lowest BCUT2D eigenvalue weighted by Gasteiger charge is -2.31. The molecule has 0 saturated carbocycles. The molecule has 0 bridgehead atoms. The normalized spacial score (nSPS) is 17.4. The van der Waals surface area contributed by atoms with E-state index in [1.165, 1.54) is 7.11 Å². The largest absolute Gasteiger partial charge is 0.492 e. The summed E-state index contributed by atoms with van der Waals surface area (Å²) in [6.45, 7) is 4.22. The molecule has 3 rings (SSSR count). The number of hydrogen-bond acceptors (Lipinski definition) is 7. The van der Waals surface area contributed by atoms with E-state index in [2.05, 4.69) is 16.7 Å². The van der Waals surface area contributed by atoms with Crippen LogP contribution < -0.4 is 15.4 Å². The second-order valence-electron chi connectivity index (χ2n) is 7.50. The summed E-state index contributed by atoms with van der Waals surface area (Å²) >= 11 is 1.02. The quantitative estimate of drug-likeness (QED) is 0.439. The number of aryl methyl sites for hydroxylation is 1. The van der Waals surface area contributed by atoms with Crippen molar-refractivity contribution in [3.63, 3.8) is 0 Å². The van der Waals surface area contributed by atoms with E-state index in [1.807, 2.05) is 26.0 Å². The van der Waals surface area contributed by atoms with E-state index in [1.54, 1.807) is 36.4 Å². The van der Waals surface area contributed by atoms with Crippen molar-refractivity contribution >= 4 is 35.2 Å². The number of benzene rings is 2. The SMILES string of the molecule is CCOc1ccccc1NC(=O)CSC1=C(C#N)[C@H](c2ccc(C)cc2)[C@@H](C(=O)OC)C(=O)N1. The molecule has 176 valence electrons. The van der Waals surface area contributed by atoms with Crippen molar-refractivity contribution in [2.24, 2.45) is 5.92 Å². The van der Waals surface area contributed by atoms with Gasteiger partial charge in [0.1, 0.15) is 11.7 Å². The van der Waals surface area contributed by atoms with Gasteiger partial charge in [-0.05, 0) is 31.5 Å². The van der Waals surface area contributed by atoms with E-state index in [9.17, 15) is 19.6 Å². The van der Waals surface area contributed by atoms with E-state index in [0.29, 0.717) is 23.6 Å². The molecule has 1 aliphatic rings. The number of hydrogen-bond donors (Lipinski definition) is 2. The fourth-order valence-corrected chi connectivity index (χ4v) is 4.48. The number of amides is 2. The minimum Gasteiger partial charge on any atom is -0.492 e. The molecule has 0 unspecified atom stereocenters. The molecule has 34 heavy (non-hydrogen) atoms. The number of carbonyl (C=O) groups is 3. The van der Waals surface area contributed by atoms with Crippen LogP contribution in [-0.4, -0.2) is 37.3 Å². The van der Waals surface area contributed by atoms with E-state index in [4.69, 9.17) is 9.47 Å². The monoisotopic (exact) mass is 479 g/mol. The molecule has 0 aromatic heterocycles. The third-order valence-corrected chi connectivity index (χ3v) is 6.25. The average Bonchev–Trinajstić information content (AvgIpc) is 2.83. The highest BCUT2D eigenvalue weighted by molar-refractivity contribution is 8.03. The summed E-state index contributed by atoms with van der Waals surface area (Å²) in [5.74, 6) is -3.20. The Labute approximate surface area is 202 Å². The summed E-state index contributed by atoms with van der Waals surface area (Å²) in [7, 11) is 1.20. The van der Waals surface area contributed by atoms with Crippen LogP contribution >= 0.6 is 11.8 Å². The zero-order valence-corrected chi connectivity index (χ0v) is 19.9. The first-order valence-electron chi connectivity index (χ1n) is 10.6. The van der Waals surface area contributed by atoms with E-state index < -0.39 is 23.7 Å². The lowest BCUT2D eigenvalue weighted by molar-refractivity contribution is -0.150. The lowest BCUT2D eigenvalue weighted by atomic mass is 9.78. The second kappa shape index (κ2) is 11.4. The van der Waals surface area contributed by atoms with Gasteiger partial charge in [0.15, 0.2) is 0 Å². The van der Waals surface area contributed by atoms with Gasteiger partial charge in [-0.25, -0.2) is 0 Å². The van der Waals surface area contributed by atoms with Crippen LogP contribution in [0.4, 0.5) is 5.69 Å². The maximum Gasteiger partial charge on any atom is 0.319 e. The van der Waals surface area contributed by atoms with Crippen molar-refractivity contribution in [3.8, 4) is 11.8 Å². The van der Waals surface area contributed by atoms with Crippen molar-refractivity contribution in [1.82, 2.24) is 5.32 Å². The number of para-hydroxylation sites is 2. The molecule has 9 heteroatoms. The van der Waals surface area contributed by atoms with Gasteiger partial charge in [-0.15, -0.1) is 0 Å². The fourth-order valence-electron chi connectivity index (χ4n) is 3.63. The van der Waals surface area contributed by atoms with E-state index in [-0.39, 0.29) is 22.3 Å². The van der Waals surface area contributed by atoms with Gasteiger partial charge >= 0.3 is 5.97 Å². The number of thioether (sulfide) groups is 1. The smallest absolute Gasteiger partial charge is 0.319 e. The Morgan fingerprint density at radius 2 is 1.88 bits per heavy atom. The van der Waals surface area contributed by atoms with Gasteiger partial charge in [0.25, 0.3) is 0 Å². The van der Waals surface area contributed by atoms with Gasteiger partial charge in [0.05, 0.1) is 41.8 Å². The van der Waals surface area contributed by atoms with Gasteiger partial charge in [0, 0.05) is 5.92 Å². The number of anilines is 1. The summed E-state index contributed by atoms with van der Waals surface area (Å²) in [5.41, 5.74) is 2.37. The van der Waals surface area contributed by atoms with Gasteiger partial charge in [-0.1, -0.05) is 53.7 Å². The molecular formula is C25H25N3O5S. The molecule has 1 heterocycles. The third kappa shape index (κ3) is 5.58. The minimum atomic E-state index is -1.21. The fraction of sp³-hybridized carbons (Fsp3) is 0.280. The number of ether oxygens (including phenoxy) is 2. The first kappa shape index (κ1) is 24.9. The van der Waals surface area contributed by atoms with Gasteiger partial charge in [-0.3, -0.25) is 14.4 Å². The number of allylic oxidation sites excluding steroid dienone is 1. The summed E-state index contributed by atoms with van der Waals surface area (Å²) < 4.78 is 10.4. The number of nitrogens with one attached hydrogen (secondary N) is 2. The van der Waals surface area contributed by atoms with Crippen molar-refractivity contribution in [1.29, 1.82) is 5.26 Å². The molecule has 2 aromatic carbocycles. The first-order valence-corrected chi connectivity index (χ1v) is 11.6. The number of methoxy groups -OCH3 is 1. The number of carbonyl (C=O) groups excluding carboxylic acids is 3. The molecule has 0 fully saturated rings. The van der Waals surface area contributed by atoms with Gasteiger partial charge in [-0.2, -0.15) is 5.26 Å². The molecule has 0 aliphatic carbocycles. The van der Waals surface area contributed by atoms with Crippen molar-refractivity contribution in [2.45, 2.75) is 19.8 Å². The highest BCUT2D eigenvalue weighted by Gasteiger charge is 2.44. The summed E-state index contributed by atoms with van der Waals surface area (Å²) in [6.07, 6.45) is 0. The second-order valence-corrected chi connectivity index (χ2v) is 8.48. The van der Waals surface area contributed by atoms with E-state index >= 15 is 0 Å². The first-order chi connectivity index (χ1) is 16.4. The lowest BCUT2D eigenvalue weighted by Crippen LogP contribution is -2.44. The Bertz CT molecular complexity index is 1150. The summed E-state index contributed by atoms with van der Waals surface area (Å²) in [4.78, 5) is 38.0. The number of rotatable bonds is 8. The standard InChI is InChI=1S/C25H25N3O5S/c1-4-33-19-8-6-5-7-18(19)27-20(29)14-34-24-17(13-26)21(16-11-9-15(2)10-12-16)22(23(30)28-24)25(31)32-3/h5-12,21-22H,4,14H2,1-3H3,(H,27,29)(H,28,30)/t21-,22+/m0/s1. The molecule has 2 aromatic rings. The van der Waals surface area contributed by atoms with Crippen LogP contribution in [0.2, 0.25) is 0 Å². The molecule has 2 amide bonds. The molecular weight excluding hydrogens is 454 g/mol. The van der Waals surface area contributed by atoms with Gasteiger partial charge in [0.2, 0.25) is 11.8 Å². The molecule has 8 nitrogen and oxygen atoms in total. The van der Waals surface area contributed by atoms with Crippen LogP contribution in [0, 0.1) is 24.2 Å². The Balaban J connectivity index is 1.87. The minimum absolute atomic E-state index is 0.0647. The molecule has 0 radical (unpaired) electrons. The Morgan fingerprint density at radius 1 is 1.18 bits per heavy atom. The number of nitrogens with zero attached hydrogens (tertiary/aromatic N) is 1. The Hall–Kier alpha value is -3.77. The molecule has 2 N–H and O–H groups in total. The van der Waals surface area contributed by atoms with E-state index in [0.717, 1.165) is 17.3 Å². The molecule has 0 spiro atoms. The predicted molar refractivity (Wildman–Crippen MR) is 129 cm³/mol. The number of esters is 1. The van der Waals surface area contributed by atoms with Crippen molar-refractivity contribution in [3.05, 3.63) is 70.3 Å². The topological polar surface area (TPSA) is 118 Å². The third-order valence-electron chi connectivity index (χ3n) is 5.23. The molecule has 0 saturated heterocycles. The average molecular weight is 480 g/mol. The maximum atomic E-state index is 12.9. The van der Waals surface area contributed by atoms with Crippen molar-refractivity contribution < 1.29 is 23.9 Å². The zero-order chi connectivity index (χ0) is 24.7. The van der Waals surface area contributed by atoms with Crippen LogP contribution in [0.5, 0.6) is 5.75 Å². The Morgan fingerprint density at radius 3 is 2.53 bits per heavy atom. The molecule has 1 aliphatic heterocycles. The van der Waals surface area contributed by atoms with Crippen LogP contribution in [0.25, 0.3) is 0 Å². The maximum absolute atomic E-state index is 12.9. The van der Waals surface area contributed by atoms with Crippen LogP contribution in [0.1, 0.15) is 24.0 Å².